The van der Waals surface area contributed by atoms with Gasteiger partial charge in [0.2, 0.25) is 0 Å². The van der Waals surface area contributed by atoms with Crippen molar-refractivity contribution in [2.24, 2.45) is 5.73 Å². The summed E-state index contributed by atoms with van der Waals surface area (Å²) in [6.07, 6.45) is 0.803. The SMILES string of the molecule is COc1cccc(-c2cc(CCN)ccc2O)c1. The Hall–Kier alpha value is -2.00. The van der Waals surface area contributed by atoms with E-state index in [-0.39, 0.29) is 5.75 Å². The molecule has 0 radical (unpaired) electrons. The number of aromatic hydroxyl groups is 1. The molecule has 2 rings (SSSR count). The van der Waals surface area contributed by atoms with E-state index in [2.05, 4.69) is 0 Å². The zero-order chi connectivity index (χ0) is 13.0. The van der Waals surface area contributed by atoms with E-state index in [9.17, 15) is 5.11 Å². The predicted octanol–water partition coefficient (Wildman–Crippen LogP) is 2.57. The third-order valence-corrected chi connectivity index (χ3v) is 2.87. The highest BCUT2D eigenvalue weighted by Crippen LogP contribution is 2.32. The molecule has 3 N–H and O–H groups in total. The van der Waals surface area contributed by atoms with Crippen molar-refractivity contribution >= 4 is 0 Å². The van der Waals surface area contributed by atoms with Crippen LogP contribution in [-0.2, 0) is 6.42 Å². The molecule has 0 bridgehead atoms. The van der Waals surface area contributed by atoms with Gasteiger partial charge in [0, 0.05) is 5.56 Å². The molecule has 0 saturated heterocycles. The molecule has 3 nitrogen and oxygen atoms in total. The van der Waals surface area contributed by atoms with Gasteiger partial charge in [-0.25, -0.2) is 0 Å². The maximum absolute atomic E-state index is 9.95. The van der Waals surface area contributed by atoms with Crippen LogP contribution in [0.2, 0.25) is 0 Å². The number of rotatable bonds is 4. The zero-order valence-corrected chi connectivity index (χ0v) is 10.4. The van der Waals surface area contributed by atoms with Gasteiger partial charge in [0.15, 0.2) is 0 Å². The van der Waals surface area contributed by atoms with Crippen LogP contribution >= 0.6 is 0 Å². The van der Waals surface area contributed by atoms with Crippen LogP contribution in [0, 0.1) is 0 Å². The first kappa shape index (κ1) is 12.5. The van der Waals surface area contributed by atoms with Gasteiger partial charge >= 0.3 is 0 Å². The quantitative estimate of drug-likeness (QED) is 0.867. The Morgan fingerprint density at radius 1 is 1.17 bits per heavy atom. The average molecular weight is 243 g/mol. The fourth-order valence-electron chi connectivity index (χ4n) is 1.93. The number of nitrogens with two attached hydrogens (primary N) is 1. The van der Waals surface area contributed by atoms with Crippen molar-refractivity contribution in [3.63, 3.8) is 0 Å². The normalized spacial score (nSPS) is 10.3. The summed E-state index contributed by atoms with van der Waals surface area (Å²) in [5.41, 5.74) is 8.41. The zero-order valence-electron chi connectivity index (χ0n) is 10.4. The van der Waals surface area contributed by atoms with E-state index in [4.69, 9.17) is 10.5 Å². The Morgan fingerprint density at radius 2 is 2.00 bits per heavy atom. The van der Waals surface area contributed by atoms with E-state index < -0.39 is 0 Å². The number of phenolic OH excluding ortho intramolecular Hbond substituents is 1. The molecule has 94 valence electrons. The van der Waals surface area contributed by atoms with E-state index in [0.29, 0.717) is 6.54 Å². The molecule has 2 aromatic rings. The van der Waals surface area contributed by atoms with E-state index in [1.807, 2.05) is 36.4 Å². The molecule has 0 aliphatic rings. The minimum Gasteiger partial charge on any atom is -0.507 e. The standard InChI is InChI=1S/C15H17NO2/c1-18-13-4-2-3-12(10-13)14-9-11(7-8-16)5-6-15(14)17/h2-6,9-10,17H,7-8,16H2,1H3. The Bertz CT molecular complexity index is 538. The van der Waals surface area contributed by atoms with Crippen LogP contribution in [0.4, 0.5) is 0 Å². The first-order valence-corrected chi connectivity index (χ1v) is 5.91. The molecule has 0 unspecified atom stereocenters. The second-order valence-electron chi connectivity index (χ2n) is 4.12. The van der Waals surface area contributed by atoms with Gasteiger partial charge in [-0.05, 0) is 48.4 Å². The molecule has 0 saturated carbocycles. The lowest BCUT2D eigenvalue weighted by atomic mass is 10.0. The Balaban J connectivity index is 2.44. The number of hydrogen-bond acceptors (Lipinski definition) is 3. The molecule has 0 aliphatic carbocycles. The first-order valence-electron chi connectivity index (χ1n) is 5.91. The Morgan fingerprint density at radius 3 is 2.72 bits per heavy atom. The van der Waals surface area contributed by atoms with Crippen LogP contribution in [0.3, 0.4) is 0 Å². The molecule has 0 aromatic heterocycles. The molecular formula is C15H17NO2. The number of phenols is 1. The summed E-state index contributed by atoms with van der Waals surface area (Å²) in [4.78, 5) is 0. The number of methoxy groups -OCH3 is 1. The maximum Gasteiger partial charge on any atom is 0.123 e. The molecule has 0 fully saturated rings. The summed E-state index contributed by atoms with van der Waals surface area (Å²) in [6, 6.07) is 13.2. The summed E-state index contributed by atoms with van der Waals surface area (Å²) >= 11 is 0. The van der Waals surface area contributed by atoms with E-state index >= 15 is 0 Å². The highest BCUT2D eigenvalue weighted by atomic mass is 16.5. The number of benzene rings is 2. The van der Waals surface area contributed by atoms with Gasteiger partial charge in [0.1, 0.15) is 11.5 Å². The molecule has 18 heavy (non-hydrogen) atoms. The van der Waals surface area contributed by atoms with E-state index in [0.717, 1.165) is 28.9 Å². The molecule has 0 aliphatic heterocycles. The minimum absolute atomic E-state index is 0.268. The molecule has 0 spiro atoms. The van der Waals surface area contributed by atoms with E-state index in [1.54, 1.807) is 13.2 Å². The van der Waals surface area contributed by atoms with Crippen LogP contribution in [0.15, 0.2) is 42.5 Å². The van der Waals surface area contributed by atoms with Gasteiger partial charge in [-0.1, -0.05) is 18.2 Å². The van der Waals surface area contributed by atoms with Gasteiger partial charge in [0.25, 0.3) is 0 Å². The first-order chi connectivity index (χ1) is 8.74. The highest BCUT2D eigenvalue weighted by Gasteiger charge is 2.06. The van der Waals surface area contributed by atoms with Crippen LogP contribution in [-0.4, -0.2) is 18.8 Å². The third kappa shape index (κ3) is 2.63. The molecule has 0 atom stereocenters. The van der Waals surface area contributed by atoms with Crippen LogP contribution < -0.4 is 10.5 Å². The van der Waals surface area contributed by atoms with Crippen molar-refractivity contribution in [1.82, 2.24) is 0 Å². The smallest absolute Gasteiger partial charge is 0.123 e. The van der Waals surface area contributed by atoms with Gasteiger partial charge in [-0.3, -0.25) is 0 Å². The lowest BCUT2D eigenvalue weighted by molar-refractivity contribution is 0.415. The number of ether oxygens (including phenoxy) is 1. The lowest BCUT2D eigenvalue weighted by Gasteiger charge is -2.09. The molecule has 3 heteroatoms. The summed E-state index contributed by atoms with van der Waals surface area (Å²) in [6.45, 7) is 0.600. The van der Waals surface area contributed by atoms with Crippen molar-refractivity contribution in [3.8, 4) is 22.6 Å². The van der Waals surface area contributed by atoms with Crippen molar-refractivity contribution in [2.75, 3.05) is 13.7 Å². The molecule has 0 heterocycles. The third-order valence-electron chi connectivity index (χ3n) is 2.87. The molecule has 2 aromatic carbocycles. The van der Waals surface area contributed by atoms with Gasteiger partial charge in [0.05, 0.1) is 7.11 Å². The predicted molar refractivity (Wildman–Crippen MR) is 72.9 cm³/mol. The van der Waals surface area contributed by atoms with Crippen LogP contribution in [0.1, 0.15) is 5.56 Å². The topological polar surface area (TPSA) is 55.5 Å². The Kier molecular flexibility index (Phi) is 3.85. The number of hydrogen-bond donors (Lipinski definition) is 2. The van der Waals surface area contributed by atoms with Crippen molar-refractivity contribution in [1.29, 1.82) is 0 Å². The monoisotopic (exact) mass is 243 g/mol. The summed E-state index contributed by atoms with van der Waals surface area (Å²) in [7, 11) is 1.63. The second kappa shape index (κ2) is 5.56. The average Bonchev–Trinajstić information content (AvgIpc) is 2.41. The summed E-state index contributed by atoms with van der Waals surface area (Å²) < 4.78 is 5.19. The fraction of sp³-hybridized carbons (Fsp3) is 0.200. The minimum atomic E-state index is 0.268. The lowest BCUT2D eigenvalue weighted by Crippen LogP contribution is -2.02. The van der Waals surface area contributed by atoms with Crippen molar-refractivity contribution in [3.05, 3.63) is 48.0 Å². The van der Waals surface area contributed by atoms with Crippen LogP contribution in [0.5, 0.6) is 11.5 Å². The van der Waals surface area contributed by atoms with Crippen LogP contribution in [0.25, 0.3) is 11.1 Å². The van der Waals surface area contributed by atoms with Crippen molar-refractivity contribution in [2.45, 2.75) is 6.42 Å². The fourth-order valence-corrected chi connectivity index (χ4v) is 1.93. The largest absolute Gasteiger partial charge is 0.507 e. The van der Waals surface area contributed by atoms with Gasteiger partial charge in [-0.15, -0.1) is 0 Å². The highest BCUT2D eigenvalue weighted by molar-refractivity contribution is 5.71. The van der Waals surface area contributed by atoms with Gasteiger partial charge in [-0.2, -0.15) is 0 Å². The Labute approximate surface area is 107 Å². The molecule has 0 amide bonds. The summed E-state index contributed by atoms with van der Waals surface area (Å²) in [5, 5.41) is 9.95. The van der Waals surface area contributed by atoms with E-state index in [1.165, 1.54) is 0 Å². The summed E-state index contributed by atoms with van der Waals surface area (Å²) in [5.74, 6) is 1.04. The van der Waals surface area contributed by atoms with Gasteiger partial charge < -0.3 is 15.6 Å². The van der Waals surface area contributed by atoms with Crippen molar-refractivity contribution < 1.29 is 9.84 Å². The molecular weight excluding hydrogens is 226 g/mol. The second-order valence-corrected chi connectivity index (χ2v) is 4.12. The maximum atomic E-state index is 9.95.